The summed E-state index contributed by atoms with van der Waals surface area (Å²) in [4.78, 5) is 9.93. The zero-order valence-electron chi connectivity index (χ0n) is 11.1. The summed E-state index contributed by atoms with van der Waals surface area (Å²) < 4.78 is 9.27. The summed E-state index contributed by atoms with van der Waals surface area (Å²) in [7, 11) is 0. The van der Waals surface area contributed by atoms with Gasteiger partial charge in [0.1, 0.15) is 6.61 Å². The Morgan fingerprint density at radius 3 is 1.76 bits per heavy atom. The molecule has 5 heteroatoms. The van der Waals surface area contributed by atoms with E-state index in [4.69, 9.17) is 14.9 Å². The number of ether oxygens (including phenoxy) is 2. The van der Waals surface area contributed by atoms with E-state index >= 15 is 0 Å². The van der Waals surface area contributed by atoms with Gasteiger partial charge in [0.05, 0.1) is 0 Å². The van der Waals surface area contributed by atoms with Gasteiger partial charge < -0.3 is 19.7 Å². The lowest BCUT2D eigenvalue weighted by Crippen LogP contribution is -1.96. The molecule has 17 heavy (non-hydrogen) atoms. The average molecular weight is 250 g/mol. The fourth-order valence-electron chi connectivity index (χ4n) is 0.451. The topological polar surface area (TPSA) is 76.0 Å². The second-order valence-corrected chi connectivity index (χ2v) is 2.67. The molecule has 0 aliphatic heterocycles. The van der Waals surface area contributed by atoms with E-state index in [2.05, 4.69) is 11.3 Å². The van der Waals surface area contributed by atoms with Crippen LogP contribution in [0.25, 0.3) is 0 Å². The molecular weight excluding hydrogens is 224 g/mol. The molecule has 0 aromatic rings. The highest BCUT2D eigenvalue weighted by Crippen LogP contribution is 1.73. The van der Waals surface area contributed by atoms with Crippen molar-refractivity contribution in [3.63, 3.8) is 0 Å². The van der Waals surface area contributed by atoms with Gasteiger partial charge in [-0.1, -0.05) is 12.7 Å². The van der Waals surface area contributed by atoms with Crippen molar-refractivity contribution in [2.45, 2.75) is 27.2 Å². The molecule has 0 bridgehead atoms. The van der Waals surface area contributed by atoms with Gasteiger partial charge in [0, 0.05) is 33.4 Å². The Morgan fingerprint density at radius 2 is 1.71 bits per heavy atom. The van der Waals surface area contributed by atoms with Gasteiger partial charge in [0.15, 0.2) is 0 Å². The molecule has 0 saturated heterocycles. The number of aliphatic hydroxyl groups excluding tert-OH is 2. The summed E-state index contributed by atoms with van der Waals surface area (Å²) in [5.74, 6) is -0.264. The van der Waals surface area contributed by atoms with Gasteiger partial charge in [0.25, 0.3) is 0 Å². The van der Waals surface area contributed by atoms with Crippen LogP contribution in [-0.2, 0) is 14.3 Å². The molecule has 5 nitrogen and oxygen atoms in total. The third-order valence-electron chi connectivity index (χ3n) is 1.13. The summed E-state index contributed by atoms with van der Waals surface area (Å²) in [6.07, 6.45) is 2.03. The summed E-state index contributed by atoms with van der Waals surface area (Å²) in [6, 6.07) is 0. The van der Waals surface area contributed by atoms with Crippen LogP contribution in [0.5, 0.6) is 0 Å². The highest BCUT2D eigenvalue weighted by molar-refractivity contribution is 5.65. The highest BCUT2D eigenvalue weighted by Gasteiger charge is 1.83. The molecule has 0 unspecified atom stereocenters. The molecule has 0 aromatic heterocycles. The number of carbonyl (C=O) groups excluding carboxylic acids is 1. The van der Waals surface area contributed by atoms with Crippen molar-refractivity contribution in [1.29, 1.82) is 0 Å². The van der Waals surface area contributed by atoms with E-state index in [1.807, 2.05) is 13.8 Å². The number of aliphatic hydroxyl groups is 2. The highest BCUT2D eigenvalue weighted by atomic mass is 16.5. The molecule has 0 heterocycles. The predicted octanol–water partition coefficient (Wildman–Crippen LogP) is 1.14. The maximum absolute atomic E-state index is 9.93. The van der Waals surface area contributed by atoms with Crippen molar-refractivity contribution in [1.82, 2.24) is 0 Å². The fraction of sp³-hybridized carbons (Fsp3) is 0.750. The van der Waals surface area contributed by atoms with E-state index in [1.165, 1.54) is 13.0 Å². The van der Waals surface area contributed by atoms with Crippen LogP contribution in [0.15, 0.2) is 12.7 Å². The Kier molecular flexibility index (Phi) is 30.6. The van der Waals surface area contributed by atoms with E-state index in [-0.39, 0.29) is 19.2 Å². The number of carbonyl (C=O) groups is 1. The number of esters is 1. The molecule has 104 valence electrons. The number of hydrogen-bond acceptors (Lipinski definition) is 5. The van der Waals surface area contributed by atoms with Crippen LogP contribution in [-0.4, -0.2) is 49.2 Å². The fourth-order valence-corrected chi connectivity index (χ4v) is 0.451. The lowest BCUT2D eigenvalue weighted by atomic mass is 10.5. The first-order chi connectivity index (χ1) is 8.10. The van der Waals surface area contributed by atoms with Crippen LogP contribution in [0.3, 0.4) is 0 Å². The molecule has 0 amide bonds. The molecule has 0 aliphatic carbocycles. The van der Waals surface area contributed by atoms with E-state index in [0.29, 0.717) is 13.0 Å². The van der Waals surface area contributed by atoms with Crippen LogP contribution in [0.4, 0.5) is 0 Å². The normalized spacial score (nSPS) is 8.06. The summed E-state index contributed by atoms with van der Waals surface area (Å²) in [5.41, 5.74) is 0. The molecule has 0 atom stereocenters. The minimum absolute atomic E-state index is 0.0938. The molecule has 0 spiro atoms. The maximum Gasteiger partial charge on any atom is 0.302 e. The van der Waals surface area contributed by atoms with Crippen molar-refractivity contribution in [2.24, 2.45) is 0 Å². The first kappa shape index (κ1) is 21.4. The molecular formula is C12H26O5. The lowest BCUT2D eigenvalue weighted by molar-refractivity contribution is -0.139. The Labute approximate surface area is 104 Å². The minimum atomic E-state index is -0.264. The van der Waals surface area contributed by atoms with Gasteiger partial charge in [-0.05, 0) is 20.3 Å². The molecule has 0 aromatic carbocycles. The van der Waals surface area contributed by atoms with Crippen LogP contribution in [0.2, 0.25) is 0 Å². The van der Waals surface area contributed by atoms with E-state index < -0.39 is 0 Å². The third-order valence-corrected chi connectivity index (χ3v) is 1.13. The minimum Gasteiger partial charge on any atom is -0.462 e. The second kappa shape index (κ2) is 24.4. The zero-order valence-corrected chi connectivity index (χ0v) is 11.1. The Morgan fingerprint density at radius 1 is 1.24 bits per heavy atom. The summed E-state index contributed by atoms with van der Waals surface area (Å²) in [6.45, 7) is 10.9. The van der Waals surface area contributed by atoms with Crippen molar-refractivity contribution < 1.29 is 24.5 Å². The zero-order chi connectivity index (χ0) is 13.9. The smallest absolute Gasteiger partial charge is 0.302 e. The average Bonchev–Trinajstić information content (AvgIpc) is 2.30. The van der Waals surface area contributed by atoms with Gasteiger partial charge in [0.2, 0.25) is 0 Å². The van der Waals surface area contributed by atoms with Gasteiger partial charge >= 0.3 is 5.97 Å². The van der Waals surface area contributed by atoms with Crippen LogP contribution < -0.4 is 0 Å². The summed E-state index contributed by atoms with van der Waals surface area (Å²) >= 11 is 0. The van der Waals surface area contributed by atoms with E-state index in [0.717, 1.165) is 13.2 Å². The predicted molar refractivity (Wildman–Crippen MR) is 67.8 cm³/mol. The quantitative estimate of drug-likeness (QED) is 0.546. The second-order valence-electron chi connectivity index (χ2n) is 2.67. The number of hydrogen-bond donors (Lipinski definition) is 2. The first-order valence-corrected chi connectivity index (χ1v) is 5.64. The number of rotatable bonds is 6. The van der Waals surface area contributed by atoms with Gasteiger partial charge in [-0.2, -0.15) is 0 Å². The Balaban J connectivity index is -0.000000177. The Bertz CT molecular complexity index is 138. The summed E-state index contributed by atoms with van der Waals surface area (Å²) in [5, 5.41) is 15.8. The van der Waals surface area contributed by atoms with Gasteiger partial charge in [-0.3, -0.25) is 4.79 Å². The van der Waals surface area contributed by atoms with Crippen molar-refractivity contribution in [3.05, 3.63) is 12.7 Å². The van der Waals surface area contributed by atoms with E-state index in [1.54, 1.807) is 0 Å². The largest absolute Gasteiger partial charge is 0.462 e. The van der Waals surface area contributed by atoms with E-state index in [9.17, 15) is 4.79 Å². The Hall–Kier alpha value is -0.910. The third kappa shape index (κ3) is 51.4. The van der Waals surface area contributed by atoms with Crippen LogP contribution >= 0.6 is 0 Å². The SMILES string of the molecule is C=CCOC(C)=O.CCOCC.OCCCO. The van der Waals surface area contributed by atoms with Crippen molar-refractivity contribution in [3.8, 4) is 0 Å². The van der Waals surface area contributed by atoms with Crippen molar-refractivity contribution in [2.75, 3.05) is 33.0 Å². The standard InChI is InChI=1S/C5H8O2.C4H10O.C3H8O2/c1-3-4-7-5(2)6;1-3-5-4-2;4-2-1-3-5/h3H,1,4H2,2H3;3-4H2,1-2H3;4-5H,1-3H2. The van der Waals surface area contributed by atoms with Gasteiger partial charge in [-0.25, -0.2) is 0 Å². The van der Waals surface area contributed by atoms with Crippen LogP contribution in [0.1, 0.15) is 27.2 Å². The first-order valence-electron chi connectivity index (χ1n) is 5.64. The molecule has 0 fully saturated rings. The molecule has 0 aliphatic rings. The maximum atomic E-state index is 9.93. The monoisotopic (exact) mass is 250 g/mol. The van der Waals surface area contributed by atoms with Crippen LogP contribution in [0, 0.1) is 0 Å². The molecule has 0 radical (unpaired) electrons. The van der Waals surface area contributed by atoms with Crippen molar-refractivity contribution >= 4 is 5.97 Å². The molecule has 0 saturated carbocycles. The van der Waals surface area contributed by atoms with Gasteiger partial charge in [-0.15, -0.1) is 0 Å². The molecule has 0 rings (SSSR count). The lowest BCUT2D eigenvalue weighted by Gasteiger charge is -1.90. The molecule has 2 N–H and O–H groups in total.